The summed E-state index contributed by atoms with van der Waals surface area (Å²) in [6, 6.07) is 10.4. The number of hydrogen-bond acceptors (Lipinski definition) is 4. The van der Waals surface area contributed by atoms with Gasteiger partial charge in [0.15, 0.2) is 0 Å². The summed E-state index contributed by atoms with van der Waals surface area (Å²) >= 11 is 6.11. The number of nitrogens with two attached hydrogens (primary N) is 1. The minimum absolute atomic E-state index is 0.255. The highest BCUT2D eigenvalue weighted by atomic mass is 35.5. The van der Waals surface area contributed by atoms with Crippen LogP contribution < -0.4 is 5.73 Å². The maximum absolute atomic E-state index is 6.11. The zero-order valence-corrected chi connectivity index (χ0v) is 11.3. The molecule has 98 valence electrons. The molecule has 0 amide bonds. The molecule has 2 heterocycles. The lowest BCUT2D eigenvalue weighted by molar-refractivity contribution is 0.241. The smallest absolute Gasteiger partial charge is 0.221 e. The minimum atomic E-state index is 0.255. The molecule has 3 rings (SSSR count). The summed E-state index contributed by atoms with van der Waals surface area (Å²) in [5.41, 5.74) is 8.96. The van der Waals surface area contributed by atoms with Crippen molar-refractivity contribution in [1.82, 2.24) is 14.9 Å². The molecule has 5 heteroatoms. The molecule has 1 aromatic carbocycles. The predicted molar refractivity (Wildman–Crippen MR) is 75.7 cm³/mol. The monoisotopic (exact) mass is 274 g/mol. The van der Waals surface area contributed by atoms with Crippen molar-refractivity contribution in [2.75, 3.05) is 12.3 Å². The zero-order valence-electron chi connectivity index (χ0n) is 10.5. The standard InChI is InChI=1S/C14H15ClN4/c15-13-11-6-7-19(8-10-4-2-1-3-5-10)9-12(11)17-14(16)18-13/h1-5H,6-9H2,(H2,16,17,18). The maximum Gasteiger partial charge on any atom is 0.221 e. The van der Waals surface area contributed by atoms with Gasteiger partial charge >= 0.3 is 0 Å². The second kappa shape index (κ2) is 5.15. The van der Waals surface area contributed by atoms with Gasteiger partial charge in [0.2, 0.25) is 5.95 Å². The van der Waals surface area contributed by atoms with Gasteiger partial charge in [0.05, 0.1) is 5.69 Å². The van der Waals surface area contributed by atoms with Gasteiger partial charge in [-0.05, 0) is 12.0 Å². The van der Waals surface area contributed by atoms with Crippen molar-refractivity contribution in [3.8, 4) is 0 Å². The third kappa shape index (κ3) is 2.69. The van der Waals surface area contributed by atoms with Crippen LogP contribution in [-0.2, 0) is 19.5 Å². The van der Waals surface area contributed by atoms with Crippen molar-refractivity contribution >= 4 is 17.5 Å². The molecule has 0 unspecified atom stereocenters. The molecule has 4 nitrogen and oxygen atoms in total. The first-order valence-electron chi connectivity index (χ1n) is 6.29. The van der Waals surface area contributed by atoms with Gasteiger partial charge in [-0.25, -0.2) is 9.97 Å². The van der Waals surface area contributed by atoms with Crippen LogP contribution in [0.3, 0.4) is 0 Å². The molecule has 0 aliphatic carbocycles. The molecule has 0 atom stereocenters. The number of halogens is 1. The van der Waals surface area contributed by atoms with E-state index in [4.69, 9.17) is 17.3 Å². The van der Waals surface area contributed by atoms with Crippen LogP contribution in [0.5, 0.6) is 0 Å². The van der Waals surface area contributed by atoms with Crippen LogP contribution in [0.15, 0.2) is 30.3 Å². The fourth-order valence-corrected chi connectivity index (χ4v) is 2.72. The summed E-state index contributed by atoms with van der Waals surface area (Å²) in [6.45, 7) is 2.66. The normalized spacial score (nSPS) is 15.2. The molecule has 0 bridgehead atoms. The van der Waals surface area contributed by atoms with Crippen molar-refractivity contribution in [3.05, 3.63) is 52.3 Å². The van der Waals surface area contributed by atoms with E-state index in [0.717, 1.165) is 37.3 Å². The summed E-state index contributed by atoms with van der Waals surface area (Å²) in [5.74, 6) is 0.255. The Hall–Kier alpha value is -1.65. The van der Waals surface area contributed by atoms with Gasteiger partial charge in [-0.15, -0.1) is 0 Å². The van der Waals surface area contributed by atoms with Crippen molar-refractivity contribution in [1.29, 1.82) is 0 Å². The van der Waals surface area contributed by atoms with E-state index >= 15 is 0 Å². The lowest BCUT2D eigenvalue weighted by atomic mass is 10.1. The number of nitrogens with zero attached hydrogens (tertiary/aromatic N) is 3. The Morgan fingerprint density at radius 2 is 2.00 bits per heavy atom. The highest BCUT2D eigenvalue weighted by Crippen LogP contribution is 2.24. The number of anilines is 1. The van der Waals surface area contributed by atoms with Crippen molar-refractivity contribution in [3.63, 3.8) is 0 Å². The average molecular weight is 275 g/mol. The van der Waals surface area contributed by atoms with E-state index in [-0.39, 0.29) is 5.95 Å². The van der Waals surface area contributed by atoms with E-state index in [9.17, 15) is 0 Å². The Labute approximate surface area is 117 Å². The Morgan fingerprint density at radius 3 is 2.79 bits per heavy atom. The van der Waals surface area contributed by atoms with E-state index in [1.54, 1.807) is 0 Å². The Balaban J connectivity index is 1.79. The van der Waals surface area contributed by atoms with Gasteiger partial charge in [0, 0.05) is 25.2 Å². The van der Waals surface area contributed by atoms with E-state index in [1.165, 1.54) is 5.56 Å². The molecular weight excluding hydrogens is 260 g/mol. The zero-order chi connectivity index (χ0) is 13.2. The van der Waals surface area contributed by atoms with Gasteiger partial charge < -0.3 is 5.73 Å². The van der Waals surface area contributed by atoms with E-state index in [1.807, 2.05) is 6.07 Å². The molecular formula is C14H15ClN4. The van der Waals surface area contributed by atoms with Crippen LogP contribution in [0.1, 0.15) is 16.8 Å². The predicted octanol–water partition coefficient (Wildman–Crippen LogP) is 2.27. The van der Waals surface area contributed by atoms with Crippen molar-refractivity contribution in [2.24, 2.45) is 0 Å². The Bertz CT molecular complexity index is 585. The molecule has 1 aliphatic rings. The second-order valence-corrected chi connectivity index (χ2v) is 5.10. The fourth-order valence-electron chi connectivity index (χ4n) is 2.43. The van der Waals surface area contributed by atoms with Gasteiger partial charge in [-0.1, -0.05) is 41.9 Å². The van der Waals surface area contributed by atoms with Crippen LogP contribution in [0.2, 0.25) is 5.15 Å². The molecule has 1 aliphatic heterocycles. The van der Waals surface area contributed by atoms with Gasteiger partial charge in [0.25, 0.3) is 0 Å². The summed E-state index contributed by atoms with van der Waals surface area (Å²) in [4.78, 5) is 10.7. The average Bonchev–Trinajstić information content (AvgIpc) is 2.39. The van der Waals surface area contributed by atoms with Crippen LogP contribution >= 0.6 is 11.6 Å². The first-order chi connectivity index (χ1) is 9.22. The number of nitrogen functional groups attached to an aromatic ring is 1. The Kier molecular flexibility index (Phi) is 3.36. The van der Waals surface area contributed by atoms with Gasteiger partial charge in [-0.3, -0.25) is 4.90 Å². The molecule has 19 heavy (non-hydrogen) atoms. The van der Waals surface area contributed by atoms with Gasteiger partial charge in [0.1, 0.15) is 5.15 Å². The molecule has 0 radical (unpaired) electrons. The first-order valence-corrected chi connectivity index (χ1v) is 6.67. The molecule has 0 fully saturated rings. The topological polar surface area (TPSA) is 55.0 Å². The van der Waals surface area contributed by atoms with E-state index in [0.29, 0.717) is 5.15 Å². The highest BCUT2D eigenvalue weighted by Gasteiger charge is 2.21. The lowest BCUT2D eigenvalue weighted by Crippen LogP contribution is -2.31. The number of benzene rings is 1. The molecule has 0 saturated carbocycles. The summed E-state index contributed by atoms with van der Waals surface area (Å²) < 4.78 is 0. The highest BCUT2D eigenvalue weighted by molar-refractivity contribution is 6.30. The van der Waals surface area contributed by atoms with Crippen LogP contribution in [0.25, 0.3) is 0 Å². The number of fused-ring (bicyclic) bond motifs is 1. The minimum Gasteiger partial charge on any atom is -0.368 e. The van der Waals surface area contributed by atoms with Crippen molar-refractivity contribution in [2.45, 2.75) is 19.5 Å². The molecule has 2 N–H and O–H groups in total. The maximum atomic E-state index is 6.11. The summed E-state index contributed by atoms with van der Waals surface area (Å²) in [5, 5.41) is 0.502. The lowest BCUT2D eigenvalue weighted by Gasteiger charge is -2.28. The fraction of sp³-hybridized carbons (Fsp3) is 0.286. The number of hydrogen-bond donors (Lipinski definition) is 1. The van der Waals surface area contributed by atoms with E-state index in [2.05, 4.69) is 39.1 Å². The second-order valence-electron chi connectivity index (χ2n) is 4.74. The number of aromatic nitrogens is 2. The molecule has 0 spiro atoms. The van der Waals surface area contributed by atoms with E-state index < -0.39 is 0 Å². The SMILES string of the molecule is Nc1nc(Cl)c2c(n1)CN(Cc1ccccc1)CC2. The quantitative estimate of drug-likeness (QED) is 0.854. The van der Waals surface area contributed by atoms with Gasteiger partial charge in [-0.2, -0.15) is 0 Å². The van der Waals surface area contributed by atoms with Crippen molar-refractivity contribution < 1.29 is 0 Å². The molecule has 2 aromatic rings. The van der Waals surface area contributed by atoms with Crippen LogP contribution in [0.4, 0.5) is 5.95 Å². The Morgan fingerprint density at radius 1 is 1.21 bits per heavy atom. The van der Waals surface area contributed by atoms with Crippen LogP contribution in [-0.4, -0.2) is 21.4 Å². The molecule has 0 saturated heterocycles. The third-order valence-electron chi connectivity index (χ3n) is 3.36. The van der Waals surface area contributed by atoms with Crippen LogP contribution in [0, 0.1) is 0 Å². The molecule has 1 aromatic heterocycles. The largest absolute Gasteiger partial charge is 0.368 e. The third-order valence-corrected chi connectivity index (χ3v) is 3.67. The summed E-state index contributed by atoms with van der Waals surface area (Å²) in [6.07, 6.45) is 0.876. The number of rotatable bonds is 2. The summed E-state index contributed by atoms with van der Waals surface area (Å²) in [7, 11) is 0. The first kappa shape index (κ1) is 12.4.